The van der Waals surface area contributed by atoms with Crippen LogP contribution in [0.3, 0.4) is 0 Å². The Morgan fingerprint density at radius 1 is 1.26 bits per heavy atom. The summed E-state index contributed by atoms with van der Waals surface area (Å²) in [5, 5.41) is 0.341. The van der Waals surface area contributed by atoms with Crippen LogP contribution in [0.2, 0.25) is 5.02 Å². The third-order valence-corrected chi connectivity index (χ3v) is 3.04. The summed E-state index contributed by atoms with van der Waals surface area (Å²) in [6.45, 7) is 4.17. The van der Waals surface area contributed by atoms with Gasteiger partial charge in [-0.15, -0.1) is 0 Å². The highest BCUT2D eigenvalue weighted by atomic mass is 35.5. The third kappa shape index (κ3) is 4.89. The molecule has 1 rings (SSSR count). The zero-order valence-corrected chi connectivity index (χ0v) is 12.0. The fourth-order valence-corrected chi connectivity index (χ4v) is 1.51. The molecule has 0 aliphatic heterocycles. The number of carbonyl (C=O) groups excluding carboxylic acids is 2. The van der Waals surface area contributed by atoms with Gasteiger partial charge in [0, 0.05) is 6.04 Å². The van der Waals surface area contributed by atoms with Crippen molar-refractivity contribution >= 4 is 23.4 Å². The predicted molar refractivity (Wildman–Crippen MR) is 74.8 cm³/mol. The monoisotopic (exact) mass is 283 g/mol. The molecule has 0 heterocycles. The van der Waals surface area contributed by atoms with E-state index in [2.05, 4.69) is 10.9 Å². The fourth-order valence-electron chi connectivity index (χ4n) is 1.29. The van der Waals surface area contributed by atoms with Crippen LogP contribution in [0.25, 0.3) is 0 Å². The third-order valence-electron chi connectivity index (χ3n) is 2.71. The quantitative estimate of drug-likeness (QED) is 0.822. The van der Waals surface area contributed by atoms with E-state index in [0.29, 0.717) is 10.6 Å². The number of hydrazine groups is 1. The van der Waals surface area contributed by atoms with Crippen molar-refractivity contribution in [2.24, 2.45) is 0 Å². The first kappa shape index (κ1) is 15.5. The van der Waals surface area contributed by atoms with Gasteiger partial charge in [0.2, 0.25) is 0 Å². The van der Waals surface area contributed by atoms with Crippen LogP contribution in [-0.2, 0) is 4.79 Å². The number of benzene rings is 1. The molecule has 19 heavy (non-hydrogen) atoms. The Labute approximate surface area is 117 Å². The first-order chi connectivity index (χ1) is 8.91. The van der Waals surface area contributed by atoms with Crippen LogP contribution in [0.1, 0.15) is 24.2 Å². The van der Waals surface area contributed by atoms with Gasteiger partial charge in [0.1, 0.15) is 0 Å². The van der Waals surface area contributed by atoms with Crippen molar-refractivity contribution in [1.82, 2.24) is 15.8 Å². The predicted octanol–water partition coefficient (Wildman–Crippen LogP) is 1.44. The zero-order valence-electron chi connectivity index (χ0n) is 11.2. The van der Waals surface area contributed by atoms with Gasteiger partial charge in [0.05, 0.1) is 17.1 Å². The number of nitrogens with zero attached hydrogens (tertiary/aromatic N) is 1. The van der Waals surface area contributed by atoms with E-state index in [1.165, 1.54) is 0 Å². The fraction of sp³-hybridized carbons (Fsp3) is 0.385. The lowest BCUT2D eigenvalue weighted by molar-refractivity contribution is -0.123. The molecule has 1 aromatic carbocycles. The van der Waals surface area contributed by atoms with Crippen molar-refractivity contribution in [3.8, 4) is 0 Å². The molecule has 0 radical (unpaired) electrons. The summed E-state index contributed by atoms with van der Waals surface area (Å²) in [6.07, 6.45) is 0. The second-order valence-electron chi connectivity index (χ2n) is 4.49. The smallest absolute Gasteiger partial charge is 0.271 e. The van der Waals surface area contributed by atoms with Crippen LogP contribution in [0, 0.1) is 0 Å². The van der Waals surface area contributed by atoms with Gasteiger partial charge in [0.15, 0.2) is 0 Å². The summed E-state index contributed by atoms with van der Waals surface area (Å²) in [6, 6.07) is 6.89. The van der Waals surface area contributed by atoms with Gasteiger partial charge in [-0.05, 0) is 33.0 Å². The summed E-state index contributed by atoms with van der Waals surface area (Å²) < 4.78 is 0. The summed E-state index contributed by atoms with van der Waals surface area (Å²) in [5.74, 6) is -0.720. The van der Waals surface area contributed by atoms with E-state index in [0.717, 1.165) is 0 Å². The molecule has 2 N–H and O–H groups in total. The minimum absolute atomic E-state index is 0.209. The van der Waals surface area contributed by atoms with Gasteiger partial charge in [-0.2, -0.15) is 0 Å². The van der Waals surface area contributed by atoms with Crippen LogP contribution in [0.15, 0.2) is 24.3 Å². The van der Waals surface area contributed by atoms with Gasteiger partial charge in [-0.3, -0.25) is 25.3 Å². The largest absolute Gasteiger partial charge is 0.295 e. The molecule has 0 aromatic heterocycles. The normalized spacial score (nSPS) is 10.6. The van der Waals surface area contributed by atoms with Crippen LogP contribution in [0.4, 0.5) is 0 Å². The van der Waals surface area contributed by atoms with Crippen molar-refractivity contribution in [3.05, 3.63) is 34.9 Å². The number of carbonyl (C=O) groups is 2. The minimum atomic E-state index is -0.439. The van der Waals surface area contributed by atoms with Crippen LogP contribution >= 0.6 is 11.6 Å². The number of hydrogen-bond acceptors (Lipinski definition) is 3. The molecule has 0 saturated heterocycles. The van der Waals surface area contributed by atoms with Gasteiger partial charge in [0.25, 0.3) is 11.8 Å². The molecule has 6 heteroatoms. The molecular formula is C13H18ClN3O2. The number of likely N-dealkylation sites (N-methyl/N-ethyl adjacent to an activating group) is 1. The second kappa shape index (κ2) is 7.11. The Kier molecular flexibility index (Phi) is 5.79. The van der Waals surface area contributed by atoms with Gasteiger partial charge >= 0.3 is 0 Å². The Hall–Kier alpha value is -1.59. The molecule has 0 bridgehead atoms. The Bertz CT molecular complexity index is 463. The molecule has 1 aromatic rings. The van der Waals surface area contributed by atoms with Crippen molar-refractivity contribution in [2.75, 3.05) is 13.6 Å². The molecule has 2 amide bonds. The standard InChI is InChI=1S/C13H18ClN3O2/c1-9(2)17(3)8-12(18)15-16-13(19)10-6-4-5-7-11(10)14/h4-7,9H,8H2,1-3H3,(H,15,18)(H,16,19). The van der Waals surface area contributed by atoms with E-state index in [1.54, 1.807) is 24.3 Å². The molecule has 0 saturated carbocycles. The molecule has 0 fully saturated rings. The van der Waals surface area contributed by atoms with E-state index >= 15 is 0 Å². The maximum Gasteiger partial charge on any atom is 0.271 e. The second-order valence-corrected chi connectivity index (χ2v) is 4.90. The molecule has 0 aliphatic rings. The average Bonchev–Trinajstić information content (AvgIpc) is 2.36. The Balaban J connectivity index is 2.47. The van der Waals surface area contributed by atoms with Gasteiger partial charge < -0.3 is 0 Å². The maximum atomic E-state index is 11.8. The minimum Gasteiger partial charge on any atom is -0.295 e. The van der Waals surface area contributed by atoms with E-state index in [9.17, 15) is 9.59 Å². The number of amides is 2. The molecule has 0 unspecified atom stereocenters. The summed E-state index contributed by atoms with van der Waals surface area (Å²) >= 11 is 5.88. The van der Waals surface area contributed by atoms with E-state index in [4.69, 9.17) is 11.6 Å². The zero-order chi connectivity index (χ0) is 14.4. The van der Waals surface area contributed by atoms with Crippen LogP contribution < -0.4 is 10.9 Å². The molecule has 104 valence electrons. The molecule has 0 atom stereocenters. The highest BCUT2D eigenvalue weighted by molar-refractivity contribution is 6.33. The number of halogens is 1. The lowest BCUT2D eigenvalue weighted by atomic mass is 10.2. The number of nitrogens with one attached hydrogen (secondary N) is 2. The molecular weight excluding hydrogens is 266 g/mol. The van der Waals surface area contributed by atoms with Gasteiger partial charge in [-0.25, -0.2) is 0 Å². The van der Waals surface area contributed by atoms with E-state index in [1.807, 2.05) is 25.8 Å². The van der Waals surface area contributed by atoms with E-state index in [-0.39, 0.29) is 18.5 Å². The highest BCUT2D eigenvalue weighted by Crippen LogP contribution is 2.13. The number of hydrogen-bond donors (Lipinski definition) is 2. The lowest BCUT2D eigenvalue weighted by Gasteiger charge is -2.20. The Morgan fingerprint density at radius 3 is 2.47 bits per heavy atom. The van der Waals surface area contributed by atoms with Crippen LogP contribution in [0.5, 0.6) is 0 Å². The summed E-state index contributed by atoms with van der Waals surface area (Å²) in [5.41, 5.74) is 5.01. The van der Waals surface area contributed by atoms with Crippen LogP contribution in [-0.4, -0.2) is 36.3 Å². The summed E-state index contributed by atoms with van der Waals surface area (Å²) in [4.78, 5) is 25.2. The molecule has 5 nitrogen and oxygen atoms in total. The number of rotatable bonds is 4. The van der Waals surface area contributed by atoms with Crippen molar-refractivity contribution in [3.63, 3.8) is 0 Å². The van der Waals surface area contributed by atoms with E-state index < -0.39 is 5.91 Å². The van der Waals surface area contributed by atoms with Crippen molar-refractivity contribution < 1.29 is 9.59 Å². The SMILES string of the molecule is CC(C)N(C)CC(=O)NNC(=O)c1ccccc1Cl. The highest BCUT2D eigenvalue weighted by Gasteiger charge is 2.12. The summed E-state index contributed by atoms with van der Waals surface area (Å²) in [7, 11) is 1.83. The lowest BCUT2D eigenvalue weighted by Crippen LogP contribution is -2.46. The maximum absolute atomic E-state index is 11.8. The van der Waals surface area contributed by atoms with Crippen molar-refractivity contribution in [1.29, 1.82) is 0 Å². The molecule has 0 spiro atoms. The molecule has 0 aliphatic carbocycles. The first-order valence-corrected chi connectivity index (χ1v) is 6.33. The van der Waals surface area contributed by atoms with Crippen molar-refractivity contribution in [2.45, 2.75) is 19.9 Å². The average molecular weight is 284 g/mol. The first-order valence-electron chi connectivity index (χ1n) is 5.95. The topological polar surface area (TPSA) is 61.4 Å². The Morgan fingerprint density at radius 2 is 1.89 bits per heavy atom. The van der Waals surface area contributed by atoms with Gasteiger partial charge in [-0.1, -0.05) is 23.7 Å².